The summed E-state index contributed by atoms with van der Waals surface area (Å²) in [4.78, 5) is 13.8. The van der Waals surface area contributed by atoms with Crippen LogP contribution in [0.25, 0.3) is 0 Å². The summed E-state index contributed by atoms with van der Waals surface area (Å²) in [5.74, 6) is -0.110. The van der Waals surface area contributed by atoms with Gasteiger partial charge in [0.1, 0.15) is 5.54 Å². The molecule has 0 aliphatic carbocycles. The molecule has 1 aromatic carbocycles. The van der Waals surface area contributed by atoms with Gasteiger partial charge in [0, 0.05) is 20.7 Å². The van der Waals surface area contributed by atoms with Gasteiger partial charge in [0.25, 0.3) is 0 Å². The lowest BCUT2D eigenvalue weighted by atomic mass is 9.92. The minimum atomic E-state index is -0.996. The number of likely N-dealkylation sites (N-methyl/N-ethyl adjacent to an activating group) is 1. The van der Waals surface area contributed by atoms with Crippen LogP contribution in [0.2, 0.25) is 0 Å². The predicted octanol–water partition coefficient (Wildman–Crippen LogP) is 1.39. The average molecular weight is 273 g/mol. The second kappa shape index (κ2) is 7.36. The van der Waals surface area contributed by atoms with Crippen LogP contribution >= 0.6 is 12.4 Å². The largest absolute Gasteiger partial charge is 0.383 e. The molecule has 1 unspecified atom stereocenters. The van der Waals surface area contributed by atoms with E-state index in [1.165, 1.54) is 0 Å². The van der Waals surface area contributed by atoms with Crippen molar-refractivity contribution in [3.63, 3.8) is 0 Å². The topological polar surface area (TPSA) is 55.6 Å². The van der Waals surface area contributed by atoms with Gasteiger partial charge in [-0.25, -0.2) is 0 Å². The number of hydrogen-bond acceptors (Lipinski definition) is 3. The molecule has 0 aliphatic rings. The fourth-order valence-electron chi connectivity index (χ4n) is 1.63. The number of rotatable bonds is 5. The second-order valence-corrected chi connectivity index (χ2v) is 4.29. The van der Waals surface area contributed by atoms with Crippen molar-refractivity contribution >= 4 is 18.3 Å². The van der Waals surface area contributed by atoms with E-state index < -0.39 is 5.54 Å². The van der Waals surface area contributed by atoms with Crippen LogP contribution < -0.4 is 5.73 Å². The van der Waals surface area contributed by atoms with E-state index in [1.54, 1.807) is 26.0 Å². The Morgan fingerprint density at radius 1 is 1.39 bits per heavy atom. The maximum atomic E-state index is 12.2. The molecule has 0 aliphatic heterocycles. The molecule has 0 heterocycles. The lowest BCUT2D eigenvalue weighted by Crippen LogP contribution is -2.50. The summed E-state index contributed by atoms with van der Waals surface area (Å²) in [6, 6.07) is 9.38. The first-order valence-corrected chi connectivity index (χ1v) is 5.59. The number of benzene rings is 1. The summed E-state index contributed by atoms with van der Waals surface area (Å²) >= 11 is 0. The average Bonchev–Trinajstić information content (AvgIpc) is 2.36. The lowest BCUT2D eigenvalue weighted by Gasteiger charge is -2.29. The Kier molecular flexibility index (Phi) is 6.91. The van der Waals surface area contributed by atoms with Crippen LogP contribution in [0, 0.1) is 0 Å². The van der Waals surface area contributed by atoms with E-state index in [1.807, 2.05) is 30.3 Å². The summed E-state index contributed by atoms with van der Waals surface area (Å²) in [5, 5.41) is 0. The first-order chi connectivity index (χ1) is 8.00. The Morgan fingerprint density at radius 2 is 1.94 bits per heavy atom. The minimum absolute atomic E-state index is 0. The Hall–Kier alpha value is -1.10. The molecule has 18 heavy (non-hydrogen) atoms. The zero-order chi connectivity index (χ0) is 12.9. The Balaban J connectivity index is 0.00000289. The third-order valence-corrected chi connectivity index (χ3v) is 2.80. The molecule has 102 valence electrons. The Labute approximate surface area is 115 Å². The third kappa shape index (κ3) is 3.98. The Morgan fingerprint density at radius 3 is 2.44 bits per heavy atom. The van der Waals surface area contributed by atoms with Gasteiger partial charge in [-0.2, -0.15) is 0 Å². The van der Waals surface area contributed by atoms with Crippen LogP contribution in [-0.4, -0.2) is 38.1 Å². The zero-order valence-corrected chi connectivity index (χ0v) is 11.9. The van der Waals surface area contributed by atoms with E-state index in [9.17, 15) is 4.79 Å². The van der Waals surface area contributed by atoms with Gasteiger partial charge in [-0.3, -0.25) is 4.79 Å². The van der Waals surface area contributed by atoms with Gasteiger partial charge in [-0.15, -0.1) is 12.4 Å². The predicted molar refractivity (Wildman–Crippen MR) is 74.7 cm³/mol. The number of carbonyl (C=O) groups excluding carboxylic acids is 1. The smallest absolute Gasteiger partial charge is 0.246 e. The SMILES string of the molecule is COCCN(C)C(=O)C(C)(N)c1ccccc1.Cl. The summed E-state index contributed by atoms with van der Waals surface area (Å²) in [6.45, 7) is 2.77. The van der Waals surface area contributed by atoms with Crippen LogP contribution in [0.1, 0.15) is 12.5 Å². The Bertz CT molecular complexity index is 369. The molecular weight excluding hydrogens is 252 g/mol. The monoisotopic (exact) mass is 272 g/mol. The zero-order valence-electron chi connectivity index (χ0n) is 11.1. The van der Waals surface area contributed by atoms with E-state index in [4.69, 9.17) is 10.5 Å². The van der Waals surface area contributed by atoms with E-state index in [-0.39, 0.29) is 18.3 Å². The summed E-state index contributed by atoms with van der Waals surface area (Å²) in [6.07, 6.45) is 0. The highest BCUT2D eigenvalue weighted by atomic mass is 35.5. The summed E-state index contributed by atoms with van der Waals surface area (Å²) < 4.78 is 4.95. The molecule has 1 aromatic rings. The molecule has 0 saturated carbocycles. The lowest BCUT2D eigenvalue weighted by molar-refractivity contribution is -0.136. The highest BCUT2D eigenvalue weighted by Gasteiger charge is 2.32. The van der Waals surface area contributed by atoms with Gasteiger partial charge >= 0.3 is 0 Å². The quantitative estimate of drug-likeness (QED) is 0.881. The van der Waals surface area contributed by atoms with Crippen molar-refractivity contribution in [2.45, 2.75) is 12.5 Å². The minimum Gasteiger partial charge on any atom is -0.383 e. The molecule has 5 heteroatoms. The second-order valence-electron chi connectivity index (χ2n) is 4.29. The van der Waals surface area contributed by atoms with Gasteiger partial charge in [0.05, 0.1) is 6.61 Å². The highest BCUT2D eigenvalue weighted by Crippen LogP contribution is 2.19. The van der Waals surface area contributed by atoms with Crippen molar-refractivity contribution in [2.75, 3.05) is 27.3 Å². The third-order valence-electron chi connectivity index (χ3n) is 2.80. The first-order valence-electron chi connectivity index (χ1n) is 5.59. The van der Waals surface area contributed by atoms with Crippen molar-refractivity contribution in [1.29, 1.82) is 0 Å². The van der Waals surface area contributed by atoms with Crippen LogP contribution in [0.4, 0.5) is 0 Å². The molecule has 1 amide bonds. The highest BCUT2D eigenvalue weighted by molar-refractivity contribution is 5.86. The molecule has 0 fully saturated rings. The van der Waals surface area contributed by atoms with Crippen LogP contribution in [0.3, 0.4) is 0 Å². The van der Waals surface area contributed by atoms with Gasteiger partial charge in [-0.1, -0.05) is 30.3 Å². The van der Waals surface area contributed by atoms with E-state index in [0.717, 1.165) is 5.56 Å². The van der Waals surface area contributed by atoms with Crippen molar-refractivity contribution in [3.05, 3.63) is 35.9 Å². The maximum absolute atomic E-state index is 12.2. The number of carbonyl (C=O) groups is 1. The van der Waals surface area contributed by atoms with Crippen molar-refractivity contribution < 1.29 is 9.53 Å². The number of nitrogens with zero attached hydrogens (tertiary/aromatic N) is 1. The maximum Gasteiger partial charge on any atom is 0.246 e. The molecule has 1 atom stereocenters. The first kappa shape index (κ1) is 16.9. The number of amides is 1. The number of ether oxygens (including phenoxy) is 1. The molecule has 2 N–H and O–H groups in total. The summed E-state index contributed by atoms with van der Waals surface area (Å²) in [7, 11) is 3.34. The molecule has 4 nitrogen and oxygen atoms in total. The molecular formula is C13H21ClN2O2. The fraction of sp³-hybridized carbons (Fsp3) is 0.462. The van der Waals surface area contributed by atoms with Gasteiger partial charge < -0.3 is 15.4 Å². The normalized spacial score (nSPS) is 13.3. The van der Waals surface area contributed by atoms with Gasteiger partial charge in [0.2, 0.25) is 5.91 Å². The molecule has 0 radical (unpaired) electrons. The van der Waals surface area contributed by atoms with Crippen LogP contribution in [0.15, 0.2) is 30.3 Å². The van der Waals surface area contributed by atoms with E-state index in [0.29, 0.717) is 13.2 Å². The van der Waals surface area contributed by atoms with Gasteiger partial charge in [0.15, 0.2) is 0 Å². The molecule has 1 rings (SSSR count). The van der Waals surface area contributed by atoms with Crippen LogP contribution in [-0.2, 0) is 15.1 Å². The van der Waals surface area contributed by atoms with Crippen molar-refractivity contribution in [3.8, 4) is 0 Å². The fourth-order valence-corrected chi connectivity index (χ4v) is 1.63. The molecule has 0 saturated heterocycles. The number of hydrogen-bond donors (Lipinski definition) is 1. The number of methoxy groups -OCH3 is 1. The van der Waals surface area contributed by atoms with Crippen molar-refractivity contribution in [1.82, 2.24) is 4.90 Å². The molecule has 0 bridgehead atoms. The number of nitrogens with two attached hydrogens (primary N) is 1. The van der Waals surface area contributed by atoms with Crippen LogP contribution in [0.5, 0.6) is 0 Å². The number of halogens is 1. The van der Waals surface area contributed by atoms with E-state index in [2.05, 4.69) is 0 Å². The van der Waals surface area contributed by atoms with E-state index >= 15 is 0 Å². The van der Waals surface area contributed by atoms with Gasteiger partial charge in [-0.05, 0) is 12.5 Å². The molecule has 0 aromatic heterocycles. The molecule has 0 spiro atoms. The summed E-state index contributed by atoms with van der Waals surface area (Å²) in [5.41, 5.74) is 5.94. The van der Waals surface area contributed by atoms with Crippen molar-refractivity contribution in [2.24, 2.45) is 5.73 Å². The standard InChI is InChI=1S/C13H20N2O2.ClH/c1-13(14,11-7-5-4-6-8-11)12(16)15(2)9-10-17-3;/h4-8H,9-10,14H2,1-3H3;1H.